The third-order valence-corrected chi connectivity index (χ3v) is 3.88. The molecule has 2 aromatic rings. The first-order valence-corrected chi connectivity index (χ1v) is 7.44. The molecule has 22 heavy (non-hydrogen) atoms. The summed E-state index contributed by atoms with van der Waals surface area (Å²) in [4.78, 5) is 19.8. The largest absolute Gasteiger partial charge is 0.481 e. The second-order valence-electron chi connectivity index (χ2n) is 5.40. The number of benzene rings is 1. The molecular formula is C17H19N3O2. The quantitative estimate of drug-likeness (QED) is 0.936. The maximum atomic E-state index is 10.8. The molecule has 1 aromatic carbocycles. The minimum absolute atomic E-state index is 0.0712. The molecule has 1 aliphatic rings. The van der Waals surface area contributed by atoms with Crippen molar-refractivity contribution < 1.29 is 9.90 Å². The number of carboxylic acid groups (broad SMARTS) is 1. The second-order valence-corrected chi connectivity index (χ2v) is 5.40. The molecular weight excluding hydrogens is 278 g/mol. The zero-order valence-electron chi connectivity index (χ0n) is 12.4. The highest BCUT2D eigenvalue weighted by Gasteiger charge is 2.18. The van der Waals surface area contributed by atoms with Crippen molar-refractivity contribution in [1.82, 2.24) is 4.98 Å². The van der Waals surface area contributed by atoms with Crippen LogP contribution in [0, 0.1) is 0 Å². The number of rotatable bonds is 4. The summed E-state index contributed by atoms with van der Waals surface area (Å²) in [5, 5.41) is 8.90. The molecule has 0 amide bonds. The van der Waals surface area contributed by atoms with Crippen molar-refractivity contribution in [3.05, 3.63) is 54.2 Å². The number of hydrogen-bond acceptors (Lipinski definition) is 4. The van der Waals surface area contributed by atoms with Gasteiger partial charge in [-0.2, -0.15) is 0 Å². The molecule has 3 rings (SSSR count). The summed E-state index contributed by atoms with van der Waals surface area (Å²) in [6, 6.07) is 13.8. The predicted octanol–water partition coefficient (Wildman–Crippen LogP) is 2.04. The van der Waals surface area contributed by atoms with Gasteiger partial charge in [-0.1, -0.05) is 18.2 Å². The molecule has 114 valence electrons. The average Bonchev–Trinajstić information content (AvgIpc) is 2.55. The maximum Gasteiger partial charge on any atom is 0.307 e. The van der Waals surface area contributed by atoms with Gasteiger partial charge in [0.05, 0.1) is 6.42 Å². The highest BCUT2D eigenvalue weighted by Crippen LogP contribution is 2.20. The molecule has 5 heteroatoms. The van der Waals surface area contributed by atoms with E-state index in [9.17, 15) is 4.79 Å². The van der Waals surface area contributed by atoms with Gasteiger partial charge < -0.3 is 14.9 Å². The van der Waals surface area contributed by atoms with Crippen molar-refractivity contribution >= 4 is 17.5 Å². The van der Waals surface area contributed by atoms with Gasteiger partial charge in [-0.15, -0.1) is 0 Å². The molecule has 0 aliphatic carbocycles. The number of aromatic nitrogens is 1. The topological polar surface area (TPSA) is 56.7 Å². The van der Waals surface area contributed by atoms with Crippen LogP contribution in [-0.4, -0.2) is 42.2 Å². The lowest BCUT2D eigenvalue weighted by Gasteiger charge is -2.36. The lowest BCUT2D eigenvalue weighted by Crippen LogP contribution is -2.46. The zero-order valence-corrected chi connectivity index (χ0v) is 12.4. The normalized spacial score (nSPS) is 14.9. The number of carbonyl (C=O) groups is 1. The lowest BCUT2D eigenvalue weighted by molar-refractivity contribution is -0.136. The van der Waals surface area contributed by atoms with E-state index in [4.69, 9.17) is 5.11 Å². The monoisotopic (exact) mass is 297 g/mol. The van der Waals surface area contributed by atoms with E-state index in [0.717, 1.165) is 43.2 Å². The summed E-state index contributed by atoms with van der Waals surface area (Å²) in [7, 11) is 0. The first-order valence-electron chi connectivity index (χ1n) is 7.44. The molecule has 0 saturated carbocycles. The highest BCUT2D eigenvalue weighted by atomic mass is 16.4. The third kappa shape index (κ3) is 3.36. The summed E-state index contributed by atoms with van der Waals surface area (Å²) in [5.41, 5.74) is 1.94. The average molecular weight is 297 g/mol. The maximum absolute atomic E-state index is 10.8. The van der Waals surface area contributed by atoms with Crippen LogP contribution in [0.2, 0.25) is 0 Å². The van der Waals surface area contributed by atoms with Gasteiger partial charge in [0.1, 0.15) is 5.82 Å². The minimum atomic E-state index is -0.794. The summed E-state index contributed by atoms with van der Waals surface area (Å²) < 4.78 is 0. The molecule has 2 heterocycles. The summed E-state index contributed by atoms with van der Waals surface area (Å²) in [6.45, 7) is 3.65. The number of aliphatic carboxylic acids is 1. The van der Waals surface area contributed by atoms with E-state index in [1.54, 1.807) is 0 Å². The molecule has 0 spiro atoms. The lowest BCUT2D eigenvalue weighted by atomic mass is 10.1. The van der Waals surface area contributed by atoms with Crippen LogP contribution in [0.25, 0.3) is 0 Å². The van der Waals surface area contributed by atoms with Crippen molar-refractivity contribution in [2.75, 3.05) is 36.0 Å². The van der Waals surface area contributed by atoms with E-state index in [2.05, 4.69) is 14.8 Å². The van der Waals surface area contributed by atoms with Gasteiger partial charge in [-0.3, -0.25) is 4.79 Å². The molecule has 0 radical (unpaired) electrons. The Balaban J connectivity index is 1.65. The van der Waals surface area contributed by atoms with Crippen LogP contribution >= 0.6 is 0 Å². The Kier molecular flexibility index (Phi) is 4.23. The van der Waals surface area contributed by atoms with Gasteiger partial charge in [0.2, 0.25) is 0 Å². The third-order valence-electron chi connectivity index (χ3n) is 3.88. The molecule has 0 atom stereocenters. The van der Waals surface area contributed by atoms with E-state index in [-0.39, 0.29) is 6.42 Å². The molecule has 1 aromatic heterocycles. The first-order chi connectivity index (χ1) is 10.7. The van der Waals surface area contributed by atoms with Crippen molar-refractivity contribution in [2.24, 2.45) is 0 Å². The zero-order chi connectivity index (χ0) is 15.4. The van der Waals surface area contributed by atoms with Gasteiger partial charge in [0, 0.05) is 38.1 Å². The Morgan fingerprint density at radius 2 is 1.82 bits per heavy atom. The molecule has 0 unspecified atom stereocenters. The summed E-state index contributed by atoms with van der Waals surface area (Å²) in [5.74, 6) is 0.221. The Morgan fingerprint density at radius 1 is 1.05 bits per heavy atom. The van der Waals surface area contributed by atoms with Gasteiger partial charge in [-0.05, 0) is 29.8 Å². The van der Waals surface area contributed by atoms with E-state index >= 15 is 0 Å². The molecule has 0 bridgehead atoms. The Hall–Kier alpha value is -2.56. The highest BCUT2D eigenvalue weighted by molar-refractivity contribution is 5.71. The van der Waals surface area contributed by atoms with Crippen molar-refractivity contribution in [2.45, 2.75) is 6.42 Å². The van der Waals surface area contributed by atoms with E-state index in [0.29, 0.717) is 0 Å². The van der Waals surface area contributed by atoms with Gasteiger partial charge in [-0.25, -0.2) is 4.98 Å². The fourth-order valence-corrected chi connectivity index (χ4v) is 2.77. The van der Waals surface area contributed by atoms with Crippen molar-refractivity contribution in [3.8, 4) is 0 Å². The van der Waals surface area contributed by atoms with Gasteiger partial charge in [0.25, 0.3) is 0 Å². The summed E-state index contributed by atoms with van der Waals surface area (Å²) >= 11 is 0. The molecule has 1 N–H and O–H groups in total. The van der Waals surface area contributed by atoms with E-state index in [1.165, 1.54) is 0 Å². The van der Waals surface area contributed by atoms with Crippen molar-refractivity contribution in [3.63, 3.8) is 0 Å². The predicted molar refractivity (Wildman–Crippen MR) is 86.4 cm³/mol. The van der Waals surface area contributed by atoms with Crippen LogP contribution < -0.4 is 9.80 Å². The fourth-order valence-electron chi connectivity index (χ4n) is 2.77. The molecule has 1 saturated heterocycles. The number of anilines is 2. The van der Waals surface area contributed by atoms with Crippen LogP contribution in [0.4, 0.5) is 11.5 Å². The van der Waals surface area contributed by atoms with Gasteiger partial charge in [0.15, 0.2) is 0 Å². The minimum Gasteiger partial charge on any atom is -0.481 e. The number of piperazine rings is 1. The Bertz CT molecular complexity index is 637. The summed E-state index contributed by atoms with van der Waals surface area (Å²) in [6.07, 6.45) is 1.89. The van der Waals surface area contributed by atoms with Crippen molar-refractivity contribution in [1.29, 1.82) is 0 Å². The first kappa shape index (κ1) is 14.4. The Labute approximate surface area is 129 Å². The number of hydrogen-bond donors (Lipinski definition) is 1. The van der Waals surface area contributed by atoms with Gasteiger partial charge >= 0.3 is 5.97 Å². The van der Waals surface area contributed by atoms with Crippen LogP contribution in [0.15, 0.2) is 48.7 Å². The SMILES string of the molecule is O=C(O)Cc1cccc(N2CCN(c3ccccn3)CC2)c1. The van der Waals surface area contributed by atoms with Crippen LogP contribution in [0.3, 0.4) is 0 Å². The Morgan fingerprint density at radius 3 is 2.50 bits per heavy atom. The van der Waals surface area contributed by atoms with Crippen LogP contribution in [0.1, 0.15) is 5.56 Å². The van der Waals surface area contributed by atoms with E-state index in [1.807, 2.05) is 48.7 Å². The smallest absolute Gasteiger partial charge is 0.307 e. The second kappa shape index (κ2) is 6.47. The molecule has 1 aliphatic heterocycles. The van der Waals surface area contributed by atoms with Crippen LogP contribution in [-0.2, 0) is 11.2 Å². The van der Waals surface area contributed by atoms with Crippen LogP contribution in [0.5, 0.6) is 0 Å². The molecule has 1 fully saturated rings. The molecule has 5 nitrogen and oxygen atoms in total. The standard InChI is InChI=1S/C17H19N3O2/c21-17(22)13-14-4-3-5-15(12-14)19-8-10-20(11-9-19)16-6-1-2-7-18-16/h1-7,12H,8-11,13H2,(H,21,22). The number of nitrogens with zero attached hydrogens (tertiary/aromatic N) is 3. The van der Waals surface area contributed by atoms with E-state index < -0.39 is 5.97 Å². The number of pyridine rings is 1. The fraction of sp³-hybridized carbons (Fsp3) is 0.294. The number of carboxylic acids is 1.